The van der Waals surface area contributed by atoms with Crippen molar-refractivity contribution in [2.45, 2.75) is 57.5 Å². The predicted molar refractivity (Wildman–Crippen MR) is 70.9 cm³/mol. The largest absolute Gasteiger partial charge is 0.480 e. The molecule has 1 aliphatic rings. The number of carbonyl (C=O) groups excluding carboxylic acids is 1. The maximum absolute atomic E-state index is 12.1. The summed E-state index contributed by atoms with van der Waals surface area (Å²) in [7, 11) is 0. The zero-order chi connectivity index (χ0) is 14.3. The third-order valence-electron chi connectivity index (χ3n) is 3.52. The monoisotopic (exact) mass is 272 g/mol. The van der Waals surface area contributed by atoms with Gasteiger partial charge < -0.3 is 20.4 Å². The third-order valence-corrected chi connectivity index (χ3v) is 3.52. The molecule has 19 heavy (non-hydrogen) atoms. The molecule has 1 heterocycles. The number of nitrogens with zero attached hydrogens (tertiary/aromatic N) is 1. The van der Waals surface area contributed by atoms with Crippen LogP contribution in [0.2, 0.25) is 0 Å². The molecular formula is C13H24N2O4. The molecule has 0 aliphatic carbocycles. The first kappa shape index (κ1) is 15.8. The van der Waals surface area contributed by atoms with E-state index in [0.717, 1.165) is 19.3 Å². The number of aliphatic carboxylic acids is 1. The Bertz CT molecular complexity index is 307. The lowest BCUT2D eigenvalue weighted by Gasteiger charge is -2.36. The van der Waals surface area contributed by atoms with Crippen LogP contribution in [0.1, 0.15) is 45.4 Å². The van der Waals surface area contributed by atoms with Crippen LogP contribution in [0.4, 0.5) is 4.79 Å². The van der Waals surface area contributed by atoms with E-state index in [1.165, 1.54) is 0 Å². The summed E-state index contributed by atoms with van der Waals surface area (Å²) in [4.78, 5) is 24.9. The second-order valence-corrected chi connectivity index (χ2v) is 4.98. The van der Waals surface area contributed by atoms with E-state index in [0.29, 0.717) is 25.8 Å². The Morgan fingerprint density at radius 1 is 1.42 bits per heavy atom. The van der Waals surface area contributed by atoms with Gasteiger partial charge in [-0.1, -0.05) is 13.3 Å². The van der Waals surface area contributed by atoms with Crippen molar-refractivity contribution in [1.29, 1.82) is 0 Å². The Morgan fingerprint density at radius 3 is 2.74 bits per heavy atom. The molecule has 0 saturated carbocycles. The number of urea groups is 1. The normalized spacial score (nSPS) is 20.9. The molecular weight excluding hydrogens is 248 g/mol. The molecule has 2 amide bonds. The van der Waals surface area contributed by atoms with Crippen LogP contribution >= 0.6 is 0 Å². The van der Waals surface area contributed by atoms with Crippen LogP contribution in [-0.2, 0) is 4.79 Å². The topological polar surface area (TPSA) is 89.9 Å². The van der Waals surface area contributed by atoms with E-state index >= 15 is 0 Å². The lowest BCUT2D eigenvalue weighted by molar-refractivity contribution is -0.139. The molecule has 1 unspecified atom stereocenters. The second kappa shape index (κ2) is 7.99. The number of carboxylic acid groups (broad SMARTS) is 1. The minimum absolute atomic E-state index is 0.0230. The molecule has 0 bridgehead atoms. The van der Waals surface area contributed by atoms with Gasteiger partial charge in [0.05, 0.1) is 0 Å². The Labute approximate surface area is 113 Å². The predicted octanol–water partition coefficient (Wildman–Crippen LogP) is 1.19. The van der Waals surface area contributed by atoms with Crippen molar-refractivity contribution in [1.82, 2.24) is 10.2 Å². The Kier molecular flexibility index (Phi) is 6.62. The number of amides is 2. The van der Waals surface area contributed by atoms with E-state index in [2.05, 4.69) is 5.32 Å². The van der Waals surface area contributed by atoms with E-state index in [1.54, 1.807) is 4.90 Å². The van der Waals surface area contributed by atoms with Gasteiger partial charge in [-0.15, -0.1) is 0 Å². The number of likely N-dealkylation sites (tertiary alicyclic amines) is 1. The smallest absolute Gasteiger partial charge is 0.326 e. The van der Waals surface area contributed by atoms with E-state index in [1.807, 2.05) is 6.92 Å². The lowest BCUT2D eigenvalue weighted by Crippen LogP contribution is -2.53. The molecule has 110 valence electrons. The van der Waals surface area contributed by atoms with Gasteiger partial charge in [0.25, 0.3) is 0 Å². The molecule has 0 spiro atoms. The zero-order valence-electron chi connectivity index (χ0n) is 11.5. The summed E-state index contributed by atoms with van der Waals surface area (Å²) in [5.41, 5.74) is 0. The first-order valence-corrected chi connectivity index (χ1v) is 7.01. The van der Waals surface area contributed by atoms with Crippen LogP contribution in [0.15, 0.2) is 0 Å². The van der Waals surface area contributed by atoms with Crippen LogP contribution in [0.3, 0.4) is 0 Å². The van der Waals surface area contributed by atoms with Crippen LogP contribution in [0.5, 0.6) is 0 Å². The maximum atomic E-state index is 12.1. The molecule has 0 aromatic carbocycles. The number of carboxylic acids is 1. The molecule has 6 heteroatoms. The standard InChI is InChI=1S/C13H24N2O4/c1-2-5-11(12(17)18)14-13(19)15-8-4-3-6-10(15)7-9-16/h10-11,16H,2-9H2,1H3,(H,14,19)(H,17,18)/t10?,11-/m0/s1. The minimum atomic E-state index is -0.995. The molecule has 0 radical (unpaired) electrons. The molecule has 1 rings (SSSR count). The van der Waals surface area contributed by atoms with Gasteiger partial charge >= 0.3 is 12.0 Å². The molecule has 3 N–H and O–H groups in total. The van der Waals surface area contributed by atoms with Gasteiger partial charge in [0, 0.05) is 19.2 Å². The number of hydrogen-bond donors (Lipinski definition) is 3. The highest BCUT2D eigenvalue weighted by molar-refractivity contribution is 5.82. The molecule has 1 fully saturated rings. The van der Waals surface area contributed by atoms with Crippen LogP contribution < -0.4 is 5.32 Å². The molecule has 2 atom stereocenters. The molecule has 0 aromatic heterocycles. The quantitative estimate of drug-likeness (QED) is 0.677. The van der Waals surface area contributed by atoms with Crippen molar-refractivity contribution >= 4 is 12.0 Å². The highest BCUT2D eigenvalue weighted by Crippen LogP contribution is 2.19. The van der Waals surface area contributed by atoms with Crippen LogP contribution in [-0.4, -0.2) is 52.3 Å². The molecule has 0 aromatic rings. The number of piperidine rings is 1. The number of carbonyl (C=O) groups is 2. The highest BCUT2D eigenvalue weighted by atomic mass is 16.4. The van der Waals surface area contributed by atoms with Gasteiger partial charge in [-0.3, -0.25) is 0 Å². The van der Waals surface area contributed by atoms with Crippen LogP contribution in [0, 0.1) is 0 Å². The highest BCUT2D eigenvalue weighted by Gasteiger charge is 2.28. The van der Waals surface area contributed by atoms with Crippen molar-refractivity contribution in [3.8, 4) is 0 Å². The summed E-state index contributed by atoms with van der Waals surface area (Å²) in [5.74, 6) is -0.995. The molecule has 1 saturated heterocycles. The third kappa shape index (κ3) is 4.70. The van der Waals surface area contributed by atoms with Crippen molar-refractivity contribution in [2.24, 2.45) is 0 Å². The van der Waals surface area contributed by atoms with E-state index in [4.69, 9.17) is 10.2 Å². The van der Waals surface area contributed by atoms with Gasteiger partial charge in [-0.25, -0.2) is 9.59 Å². The fourth-order valence-electron chi connectivity index (χ4n) is 2.50. The average Bonchev–Trinajstić information content (AvgIpc) is 2.39. The number of rotatable bonds is 6. The number of aliphatic hydroxyl groups is 1. The van der Waals surface area contributed by atoms with Gasteiger partial charge in [0.1, 0.15) is 6.04 Å². The SMILES string of the molecule is CCC[C@H](NC(=O)N1CCCCC1CCO)C(=O)O. The Balaban J connectivity index is 2.60. The summed E-state index contributed by atoms with van der Waals surface area (Å²) in [6, 6.07) is -1.12. The number of nitrogens with one attached hydrogen (secondary N) is 1. The summed E-state index contributed by atoms with van der Waals surface area (Å²) in [5, 5.41) is 20.6. The van der Waals surface area contributed by atoms with E-state index in [9.17, 15) is 9.59 Å². The van der Waals surface area contributed by atoms with E-state index in [-0.39, 0.29) is 18.7 Å². The fraction of sp³-hybridized carbons (Fsp3) is 0.846. The summed E-state index contributed by atoms with van der Waals surface area (Å²) < 4.78 is 0. The Hall–Kier alpha value is -1.30. The van der Waals surface area contributed by atoms with Crippen molar-refractivity contribution in [3.05, 3.63) is 0 Å². The summed E-state index contributed by atoms with van der Waals surface area (Å²) in [6.07, 6.45) is 4.54. The first-order valence-electron chi connectivity index (χ1n) is 7.01. The van der Waals surface area contributed by atoms with Crippen molar-refractivity contribution in [2.75, 3.05) is 13.2 Å². The van der Waals surface area contributed by atoms with Gasteiger partial charge in [0.2, 0.25) is 0 Å². The van der Waals surface area contributed by atoms with Crippen molar-refractivity contribution < 1.29 is 19.8 Å². The van der Waals surface area contributed by atoms with Gasteiger partial charge in [-0.2, -0.15) is 0 Å². The summed E-state index contributed by atoms with van der Waals surface area (Å²) >= 11 is 0. The van der Waals surface area contributed by atoms with Crippen molar-refractivity contribution in [3.63, 3.8) is 0 Å². The molecule has 1 aliphatic heterocycles. The summed E-state index contributed by atoms with van der Waals surface area (Å²) in [6.45, 7) is 2.57. The Morgan fingerprint density at radius 2 is 2.16 bits per heavy atom. The average molecular weight is 272 g/mol. The second-order valence-electron chi connectivity index (χ2n) is 4.98. The van der Waals surface area contributed by atoms with Gasteiger partial charge in [0.15, 0.2) is 0 Å². The zero-order valence-corrected chi connectivity index (χ0v) is 11.5. The minimum Gasteiger partial charge on any atom is -0.480 e. The lowest BCUT2D eigenvalue weighted by atomic mass is 10.00. The van der Waals surface area contributed by atoms with Gasteiger partial charge in [-0.05, 0) is 32.1 Å². The number of hydrogen-bond acceptors (Lipinski definition) is 3. The van der Waals surface area contributed by atoms with E-state index < -0.39 is 12.0 Å². The molecule has 6 nitrogen and oxygen atoms in total. The number of aliphatic hydroxyl groups excluding tert-OH is 1. The van der Waals surface area contributed by atoms with Crippen LogP contribution in [0.25, 0.3) is 0 Å². The first-order chi connectivity index (χ1) is 9.10. The fourth-order valence-corrected chi connectivity index (χ4v) is 2.50. The maximum Gasteiger partial charge on any atom is 0.326 e.